The van der Waals surface area contributed by atoms with Gasteiger partial charge in [0.15, 0.2) is 0 Å². The van der Waals surface area contributed by atoms with E-state index in [-0.39, 0.29) is 37.3 Å². The second-order valence-electron chi connectivity index (χ2n) is 7.04. The number of nitrogens with one attached hydrogen (secondary N) is 1. The number of carbonyl (C=O) groups excluding carboxylic acids is 2. The molecule has 0 saturated carbocycles. The van der Waals surface area contributed by atoms with Crippen LogP contribution in [-0.2, 0) is 22.5 Å². The highest BCUT2D eigenvalue weighted by Crippen LogP contribution is 2.19. The van der Waals surface area contributed by atoms with Gasteiger partial charge >= 0.3 is 5.97 Å². The van der Waals surface area contributed by atoms with Crippen molar-refractivity contribution in [2.45, 2.75) is 26.8 Å². The molecule has 0 bridgehead atoms. The smallest absolute Gasteiger partial charge is 0.340 e. The number of aromatic nitrogens is 2. The zero-order valence-electron chi connectivity index (χ0n) is 18.0. The minimum absolute atomic E-state index is 0.139. The molecule has 2 N–H and O–H groups in total. The van der Waals surface area contributed by atoms with Gasteiger partial charge in [-0.15, -0.1) is 0 Å². The van der Waals surface area contributed by atoms with Crippen molar-refractivity contribution in [2.75, 3.05) is 18.5 Å². The first-order valence-corrected chi connectivity index (χ1v) is 10.3. The number of anilines is 1. The molecule has 0 aliphatic carbocycles. The summed E-state index contributed by atoms with van der Waals surface area (Å²) in [5.41, 5.74) is 1.67. The first-order chi connectivity index (χ1) is 15.5. The molecule has 166 valence electrons. The maximum Gasteiger partial charge on any atom is 0.340 e. The Balaban J connectivity index is 1.98. The first kappa shape index (κ1) is 22.9. The molecule has 0 fully saturated rings. The summed E-state index contributed by atoms with van der Waals surface area (Å²) in [5, 5.41) is 12.0. The van der Waals surface area contributed by atoms with Crippen LogP contribution < -0.4 is 10.9 Å². The zero-order chi connectivity index (χ0) is 23.1. The molecule has 3 rings (SSSR count). The maximum atomic E-state index is 13.2. The molecule has 8 heteroatoms. The normalized spacial score (nSPS) is 10.6. The standard InChI is InChI=1S/C24H25N3O5/c1-3-32-24(31)19-11-7-8-12-20(19)26-21(29)15-27-22(17-9-5-4-6-10-17)25-16(2)18(13-14-28)23(27)30/h4-12,28H,3,13-15H2,1-2H3,(H,26,29). The molecule has 8 nitrogen and oxygen atoms in total. The van der Waals surface area contributed by atoms with Gasteiger partial charge in [-0.05, 0) is 26.0 Å². The van der Waals surface area contributed by atoms with Gasteiger partial charge in [-0.2, -0.15) is 0 Å². The Morgan fingerprint density at radius 2 is 1.78 bits per heavy atom. The lowest BCUT2D eigenvalue weighted by Crippen LogP contribution is -2.33. The van der Waals surface area contributed by atoms with Crippen LogP contribution in [0.4, 0.5) is 5.69 Å². The molecule has 32 heavy (non-hydrogen) atoms. The lowest BCUT2D eigenvalue weighted by atomic mass is 10.1. The van der Waals surface area contributed by atoms with Crippen LogP contribution in [0.3, 0.4) is 0 Å². The van der Waals surface area contributed by atoms with E-state index in [1.165, 1.54) is 4.57 Å². The Kier molecular flexibility index (Phi) is 7.51. The number of esters is 1. The van der Waals surface area contributed by atoms with Gasteiger partial charge in [0, 0.05) is 29.8 Å². The van der Waals surface area contributed by atoms with Crippen molar-refractivity contribution in [3.63, 3.8) is 0 Å². The van der Waals surface area contributed by atoms with Crippen molar-refractivity contribution in [1.29, 1.82) is 0 Å². The highest BCUT2D eigenvalue weighted by molar-refractivity contribution is 6.01. The summed E-state index contributed by atoms with van der Waals surface area (Å²) in [6, 6.07) is 15.6. The topological polar surface area (TPSA) is 111 Å². The van der Waals surface area contributed by atoms with Gasteiger partial charge < -0.3 is 15.2 Å². The Bertz CT molecular complexity index is 1170. The fraction of sp³-hybridized carbons (Fsp3) is 0.250. The second-order valence-corrected chi connectivity index (χ2v) is 7.04. The number of hydrogen-bond donors (Lipinski definition) is 2. The minimum atomic E-state index is -0.548. The molecule has 1 amide bonds. The van der Waals surface area contributed by atoms with E-state index < -0.39 is 11.9 Å². The maximum absolute atomic E-state index is 13.2. The average molecular weight is 435 g/mol. The quantitative estimate of drug-likeness (QED) is 0.526. The molecule has 0 aliphatic rings. The van der Waals surface area contributed by atoms with Crippen LogP contribution in [-0.4, -0.2) is 39.7 Å². The number of aliphatic hydroxyl groups excluding tert-OH is 1. The molecule has 1 heterocycles. The van der Waals surface area contributed by atoms with Crippen molar-refractivity contribution in [1.82, 2.24) is 9.55 Å². The second kappa shape index (κ2) is 10.5. The van der Waals surface area contributed by atoms with Gasteiger partial charge in [0.2, 0.25) is 5.91 Å². The summed E-state index contributed by atoms with van der Waals surface area (Å²) in [7, 11) is 0. The molecule has 3 aromatic rings. The van der Waals surface area contributed by atoms with Crippen molar-refractivity contribution in [3.8, 4) is 11.4 Å². The number of amides is 1. The van der Waals surface area contributed by atoms with E-state index in [9.17, 15) is 19.5 Å². The van der Waals surface area contributed by atoms with Crippen molar-refractivity contribution < 1.29 is 19.4 Å². The highest BCUT2D eigenvalue weighted by atomic mass is 16.5. The number of hydrogen-bond acceptors (Lipinski definition) is 6. The molecular formula is C24H25N3O5. The average Bonchev–Trinajstić information content (AvgIpc) is 2.79. The summed E-state index contributed by atoms with van der Waals surface area (Å²) in [5.74, 6) is -0.696. The van der Waals surface area contributed by atoms with Gasteiger partial charge in [-0.3, -0.25) is 14.2 Å². The lowest BCUT2D eigenvalue weighted by Gasteiger charge is -2.16. The summed E-state index contributed by atoms with van der Waals surface area (Å²) < 4.78 is 6.33. The Morgan fingerprint density at radius 3 is 2.47 bits per heavy atom. The van der Waals surface area contributed by atoms with Crippen molar-refractivity contribution in [2.24, 2.45) is 0 Å². The molecule has 2 aromatic carbocycles. The van der Waals surface area contributed by atoms with E-state index in [2.05, 4.69) is 10.3 Å². The van der Waals surface area contributed by atoms with E-state index in [0.717, 1.165) is 0 Å². The fourth-order valence-electron chi connectivity index (χ4n) is 3.37. The van der Waals surface area contributed by atoms with E-state index in [1.54, 1.807) is 50.2 Å². The fourth-order valence-corrected chi connectivity index (χ4v) is 3.37. The molecule has 0 spiro atoms. The first-order valence-electron chi connectivity index (χ1n) is 10.3. The van der Waals surface area contributed by atoms with Crippen LogP contribution in [0.2, 0.25) is 0 Å². The van der Waals surface area contributed by atoms with E-state index in [4.69, 9.17) is 4.74 Å². The number of benzene rings is 2. The van der Waals surface area contributed by atoms with Gasteiger partial charge in [0.1, 0.15) is 12.4 Å². The Labute approximate surface area is 185 Å². The minimum Gasteiger partial charge on any atom is -0.462 e. The molecule has 0 saturated heterocycles. The number of nitrogens with zero attached hydrogens (tertiary/aromatic N) is 2. The van der Waals surface area contributed by atoms with Crippen molar-refractivity contribution >= 4 is 17.6 Å². The number of carbonyl (C=O) groups is 2. The summed E-state index contributed by atoms with van der Waals surface area (Å²) in [6.45, 7) is 3.09. The third kappa shape index (κ3) is 5.09. The number of aryl methyl sites for hydroxylation is 1. The molecule has 0 aliphatic heterocycles. The summed E-state index contributed by atoms with van der Waals surface area (Å²) >= 11 is 0. The predicted octanol–water partition coefficient (Wildman–Crippen LogP) is 2.57. The SMILES string of the molecule is CCOC(=O)c1ccccc1NC(=O)Cn1c(-c2ccccc2)nc(C)c(CCO)c1=O. The third-order valence-electron chi connectivity index (χ3n) is 4.86. The molecule has 0 unspecified atom stereocenters. The van der Waals surface area contributed by atoms with Crippen LogP contribution in [0.25, 0.3) is 11.4 Å². The molecule has 0 atom stereocenters. The molecule has 0 radical (unpaired) electrons. The van der Waals surface area contributed by atoms with Gasteiger partial charge in [0.25, 0.3) is 5.56 Å². The van der Waals surface area contributed by atoms with E-state index in [1.807, 2.05) is 18.2 Å². The molecular weight excluding hydrogens is 410 g/mol. The van der Waals surface area contributed by atoms with E-state index in [0.29, 0.717) is 28.3 Å². The van der Waals surface area contributed by atoms with Crippen LogP contribution in [0.15, 0.2) is 59.4 Å². The van der Waals surface area contributed by atoms with E-state index >= 15 is 0 Å². The number of ether oxygens (including phenoxy) is 1. The van der Waals surface area contributed by atoms with Crippen LogP contribution in [0.1, 0.15) is 28.5 Å². The van der Waals surface area contributed by atoms with Crippen molar-refractivity contribution in [3.05, 3.63) is 81.8 Å². The monoisotopic (exact) mass is 435 g/mol. The van der Waals surface area contributed by atoms with Crippen LogP contribution >= 0.6 is 0 Å². The van der Waals surface area contributed by atoms with Gasteiger partial charge in [0.05, 0.1) is 17.9 Å². The largest absolute Gasteiger partial charge is 0.462 e. The molecule has 1 aromatic heterocycles. The Hall–Kier alpha value is -3.78. The van der Waals surface area contributed by atoms with Crippen LogP contribution in [0, 0.1) is 6.92 Å². The zero-order valence-corrected chi connectivity index (χ0v) is 18.0. The summed E-state index contributed by atoms with van der Waals surface area (Å²) in [6.07, 6.45) is 0.139. The Morgan fingerprint density at radius 1 is 1.09 bits per heavy atom. The number of aliphatic hydroxyl groups is 1. The highest BCUT2D eigenvalue weighted by Gasteiger charge is 2.19. The number of para-hydroxylation sites is 1. The lowest BCUT2D eigenvalue weighted by molar-refractivity contribution is -0.116. The summed E-state index contributed by atoms with van der Waals surface area (Å²) in [4.78, 5) is 42.8. The predicted molar refractivity (Wildman–Crippen MR) is 120 cm³/mol. The van der Waals surface area contributed by atoms with Gasteiger partial charge in [-0.1, -0.05) is 42.5 Å². The number of rotatable bonds is 8. The van der Waals surface area contributed by atoms with Crippen LogP contribution in [0.5, 0.6) is 0 Å². The van der Waals surface area contributed by atoms with Gasteiger partial charge in [-0.25, -0.2) is 9.78 Å². The third-order valence-corrected chi connectivity index (χ3v) is 4.86.